The summed E-state index contributed by atoms with van der Waals surface area (Å²) < 4.78 is 5.96. The topological polar surface area (TPSA) is 43.5 Å². The summed E-state index contributed by atoms with van der Waals surface area (Å²) >= 11 is 5.04. The first-order chi connectivity index (χ1) is 44.0. The molecule has 0 atom stereocenters. The predicted octanol–water partition coefficient (Wildman–Crippen LogP) is 22.5. The summed E-state index contributed by atoms with van der Waals surface area (Å²) in [6.45, 7) is 0. The molecule has 14 aromatic carbocycles. The van der Waals surface area contributed by atoms with Crippen LogP contribution in [0, 0.1) is 0 Å². The fraction of sp³-hybridized carbons (Fsp3) is 0. The number of pyridine rings is 2. The Kier molecular flexibility index (Phi) is 10.2. The second-order valence-electron chi connectivity index (χ2n) is 23.7. The Morgan fingerprint density at radius 1 is 0.270 bits per heavy atom. The highest BCUT2D eigenvalue weighted by Crippen LogP contribution is 2.50. The molecule has 0 saturated carbocycles. The lowest BCUT2D eigenvalue weighted by molar-refractivity contribution is 1.00. The van der Waals surface area contributed by atoms with E-state index in [9.17, 15) is 9.59 Å². The van der Waals surface area contributed by atoms with Crippen LogP contribution in [0.15, 0.2) is 285 Å². The second kappa shape index (κ2) is 18.4. The van der Waals surface area contributed by atoms with Crippen LogP contribution >= 0.6 is 34.4 Å². The Labute approximate surface area is 520 Å². The minimum absolute atomic E-state index is 0.00795. The van der Waals surface area contributed by atoms with Gasteiger partial charge < -0.3 is 0 Å². The van der Waals surface area contributed by atoms with Crippen molar-refractivity contribution in [3.8, 4) is 61.3 Å². The van der Waals surface area contributed by atoms with Crippen LogP contribution in [0.3, 0.4) is 0 Å². The van der Waals surface area contributed by atoms with Gasteiger partial charge in [-0.25, -0.2) is 0 Å². The van der Waals surface area contributed by atoms with Gasteiger partial charge in [-0.05, 0) is 204 Å². The zero-order chi connectivity index (χ0) is 58.3. The summed E-state index contributed by atoms with van der Waals surface area (Å²) in [6, 6.07) is 93.0. The summed E-state index contributed by atoms with van der Waals surface area (Å²) in [5.41, 5.74) is 15.1. The van der Waals surface area contributed by atoms with E-state index >= 15 is 0 Å². The normalized spacial score (nSPS) is 12.5. The van der Waals surface area contributed by atoms with Crippen molar-refractivity contribution in [3.05, 3.63) is 286 Å². The lowest BCUT2D eigenvalue weighted by Crippen LogP contribution is -2.21. The number of fused-ring (bicyclic) bond motifs is 21. The maximum Gasteiger partial charge on any atom is 0.264 e. The smallest absolute Gasteiger partial charge is 0.264 e. The minimum Gasteiger partial charge on any atom is -0.275 e. The van der Waals surface area contributed by atoms with E-state index in [-0.39, 0.29) is 11.1 Å². The van der Waals surface area contributed by atoms with Crippen LogP contribution in [0.4, 0.5) is 0 Å². The first-order valence-corrected chi connectivity index (χ1v) is 32.6. The quantitative estimate of drug-likeness (QED) is 0.161. The summed E-state index contributed by atoms with van der Waals surface area (Å²) in [7, 11) is 0. The first-order valence-electron chi connectivity index (χ1n) is 30.0. The third-order valence-electron chi connectivity index (χ3n) is 19.2. The summed E-state index contributed by atoms with van der Waals surface area (Å²) in [5.74, 6) is 0. The Hall–Kier alpha value is -10.7. The van der Waals surface area contributed by atoms with Crippen molar-refractivity contribution < 1.29 is 0 Å². The number of nitrogens with zero attached hydrogens (tertiary/aromatic N) is 2. The van der Waals surface area contributed by atoms with E-state index in [1.54, 1.807) is 34.4 Å². The Morgan fingerprint density at radius 2 is 0.708 bits per heavy atom. The van der Waals surface area contributed by atoms with E-state index in [0.29, 0.717) is 0 Å². The molecule has 4 nitrogen and oxygen atoms in total. The molecular weight excluding hydrogens is 1140 g/mol. The van der Waals surface area contributed by atoms with Crippen molar-refractivity contribution in [1.82, 2.24) is 8.97 Å². The molecule has 7 heteroatoms. The highest BCUT2D eigenvalue weighted by molar-refractivity contribution is 7.99. The van der Waals surface area contributed by atoms with Crippen LogP contribution in [-0.4, -0.2) is 8.97 Å². The highest BCUT2D eigenvalue weighted by atomic mass is 32.2. The van der Waals surface area contributed by atoms with Gasteiger partial charge in [0.05, 0.1) is 33.0 Å². The molecule has 1 aliphatic rings. The molecular formula is C82H44N2O2S3. The zero-order valence-electron chi connectivity index (χ0n) is 47.3. The molecule has 0 N–H and O–H groups in total. The lowest BCUT2D eigenvalue weighted by Gasteiger charge is -2.24. The van der Waals surface area contributed by atoms with E-state index in [0.717, 1.165) is 124 Å². The van der Waals surface area contributed by atoms with Crippen LogP contribution in [0.25, 0.3) is 184 Å². The third-order valence-corrected chi connectivity index (χ3v) is 22.1. The van der Waals surface area contributed by atoms with Gasteiger partial charge in [-0.15, -0.1) is 22.7 Å². The maximum absolute atomic E-state index is 14.9. The van der Waals surface area contributed by atoms with Crippen LogP contribution in [0.5, 0.6) is 0 Å². The highest BCUT2D eigenvalue weighted by Gasteiger charge is 2.27. The van der Waals surface area contributed by atoms with Crippen molar-refractivity contribution in [3.63, 3.8) is 0 Å². The van der Waals surface area contributed by atoms with Gasteiger partial charge in [0.2, 0.25) is 0 Å². The van der Waals surface area contributed by atoms with Gasteiger partial charge >= 0.3 is 0 Å². The molecule has 0 aliphatic carbocycles. The number of aromatic nitrogens is 2. The Bertz CT molecular complexity index is 6490. The summed E-state index contributed by atoms with van der Waals surface area (Å²) in [6.07, 6.45) is 0. The molecule has 412 valence electrons. The lowest BCUT2D eigenvalue weighted by atomic mass is 9.88. The SMILES string of the molecule is O=c1c2ccsc2c2cc(-c3cccc4c5cc(-c6cccc(-c7ccc8c(c7)c7cccc9c%10sccc%10c(=O)n8c79)c6)ccc5c5ccccc5c34)cc3c2n1-c1ccc(-c2cccc(-c4ccc5c6ccccc6c6ccccc6c5c4)c2)cc1S3. The average molecular weight is 1190 g/mol. The second-order valence-corrected chi connectivity index (χ2v) is 26.7. The molecule has 20 rings (SSSR count). The molecule has 0 unspecified atom stereocenters. The number of hydrogen-bond donors (Lipinski definition) is 0. The van der Waals surface area contributed by atoms with Gasteiger partial charge in [0.25, 0.3) is 11.1 Å². The predicted molar refractivity (Wildman–Crippen MR) is 380 cm³/mol. The molecule has 0 bridgehead atoms. The molecule has 0 amide bonds. The van der Waals surface area contributed by atoms with Gasteiger partial charge in [-0.3, -0.25) is 18.6 Å². The van der Waals surface area contributed by atoms with Crippen LogP contribution in [0.2, 0.25) is 0 Å². The van der Waals surface area contributed by atoms with Crippen molar-refractivity contribution in [2.75, 3.05) is 0 Å². The minimum atomic E-state index is 0.00795. The van der Waals surface area contributed by atoms with Gasteiger partial charge in [-0.1, -0.05) is 194 Å². The van der Waals surface area contributed by atoms with Crippen LogP contribution < -0.4 is 11.1 Å². The fourth-order valence-corrected chi connectivity index (χ4v) is 18.2. The molecule has 19 aromatic rings. The number of hydrogen-bond acceptors (Lipinski definition) is 5. The van der Waals surface area contributed by atoms with E-state index in [1.807, 2.05) is 26.5 Å². The maximum atomic E-state index is 14.9. The molecule has 89 heavy (non-hydrogen) atoms. The molecule has 0 radical (unpaired) electrons. The molecule has 6 heterocycles. The van der Waals surface area contributed by atoms with Crippen molar-refractivity contribution in [1.29, 1.82) is 0 Å². The third kappa shape index (κ3) is 7.00. The number of benzene rings is 14. The van der Waals surface area contributed by atoms with Crippen molar-refractivity contribution in [2.24, 2.45) is 0 Å². The van der Waals surface area contributed by atoms with Gasteiger partial charge in [-0.2, -0.15) is 0 Å². The van der Waals surface area contributed by atoms with E-state index < -0.39 is 0 Å². The zero-order valence-corrected chi connectivity index (χ0v) is 49.8. The van der Waals surface area contributed by atoms with Crippen molar-refractivity contribution in [2.45, 2.75) is 9.79 Å². The Morgan fingerprint density at radius 3 is 1.37 bits per heavy atom. The van der Waals surface area contributed by atoms with Crippen LogP contribution in [-0.2, 0) is 0 Å². The standard InChI is InChI=1S/C82H44N2O2S3/c85-81-66-33-35-87-79(66)65-24-10-23-64-70-41-51(27-31-72(70)83(81)77(64)65)47-13-7-11-45(37-47)50-26-30-61-58-18-5-6-20-62(58)76-54(21-9-22-63(76)69(61)40-50)53-42-71-78-75(44-53)89-74-43-52(28-32-73(74)84(78)82(86)67-34-36-88-80(67)71)48-14-8-12-46(38-48)49-25-29-60-57-17-2-1-15-55(57)56-16-3-4-19-59(56)68(60)39-49/h1-44H. The largest absolute Gasteiger partial charge is 0.275 e. The molecule has 5 aromatic heterocycles. The van der Waals surface area contributed by atoms with E-state index in [4.69, 9.17) is 0 Å². The first kappa shape index (κ1) is 49.4. The summed E-state index contributed by atoms with van der Waals surface area (Å²) in [5, 5.41) is 24.7. The van der Waals surface area contributed by atoms with Crippen LogP contribution in [0.1, 0.15) is 0 Å². The number of para-hydroxylation sites is 1. The van der Waals surface area contributed by atoms with Gasteiger partial charge in [0, 0.05) is 40.7 Å². The molecule has 0 saturated heterocycles. The van der Waals surface area contributed by atoms with E-state index in [1.165, 1.54) is 70.2 Å². The molecule has 0 fully saturated rings. The van der Waals surface area contributed by atoms with E-state index in [2.05, 4.69) is 248 Å². The summed E-state index contributed by atoms with van der Waals surface area (Å²) in [4.78, 5) is 31.0. The monoisotopic (exact) mass is 1180 g/mol. The van der Waals surface area contributed by atoms with Gasteiger partial charge in [0.15, 0.2) is 0 Å². The number of rotatable bonds is 5. The molecule has 0 spiro atoms. The Balaban J connectivity index is 0.706. The average Bonchev–Trinajstić information content (AvgIpc) is 1.84. The fourth-order valence-electron chi connectivity index (χ4n) is 15.2. The van der Waals surface area contributed by atoms with Gasteiger partial charge in [0.1, 0.15) is 0 Å². The molecule has 1 aliphatic heterocycles. The number of thiophene rings is 2. The van der Waals surface area contributed by atoms with Crippen molar-refractivity contribution >= 4 is 157 Å².